The van der Waals surface area contributed by atoms with Crippen molar-refractivity contribution in [3.8, 4) is 0 Å². The number of imidazole rings is 1. The van der Waals surface area contributed by atoms with Gasteiger partial charge in [0.05, 0.1) is 17.6 Å². The molecule has 0 bridgehead atoms. The maximum absolute atomic E-state index is 14.4. The molecule has 2 aliphatic rings. The van der Waals surface area contributed by atoms with Crippen LogP contribution in [0.4, 0.5) is 4.39 Å². The van der Waals surface area contributed by atoms with Gasteiger partial charge in [-0.2, -0.15) is 0 Å². The van der Waals surface area contributed by atoms with Gasteiger partial charge in [0.25, 0.3) is 5.91 Å². The molecule has 1 aliphatic carbocycles. The molecule has 2 aromatic heterocycles. The molecular formula is C26H32FN7O. The highest BCUT2D eigenvalue weighted by molar-refractivity contribution is 6.21. The van der Waals surface area contributed by atoms with Crippen molar-refractivity contribution in [2.75, 3.05) is 6.54 Å². The van der Waals surface area contributed by atoms with Gasteiger partial charge in [-0.3, -0.25) is 9.78 Å². The Labute approximate surface area is 204 Å². The fourth-order valence-corrected chi connectivity index (χ4v) is 4.10. The average molecular weight is 478 g/mol. The Hall–Kier alpha value is -3.75. The number of amidine groups is 1. The molecule has 9 heteroatoms. The third-order valence-corrected chi connectivity index (χ3v) is 6.05. The van der Waals surface area contributed by atoms with Crippen LogP contribution in [0.15, 0.2) is 59.3 Å². The van der Waals surface area contributed by atoms with Crippen LogP contribution >= 0.6 is 0 Å². The van der Waals surface area contributed by atoms with Crippen LogP contribution in [0.2, 0.25) is 0 Å². The summed E-state index contributed by atoms with van der Waals surface area (Å²) in [5, 5.41) is 3.07. The molecule has 0 radical (unpaired) electrons. The first kappa shape index (κ1) is 24.4. The van der Waals surface area contributed by atoms with E-state index in [1.54, 1.807) is 18.6 Å². The average Bonchev–Trinajstić information content (AvgIpc) is 3.53. The lowest BCUT2D eigenvalue weighted by atomic mass is 9.97. The normalized spacial score (nSPS) is 19.2. The Morgan fingerprint density at radius 2 is 2.23 bits per heavy atom. The van der Waals surface area contributed by atoms with Crippen molar-refractivity contribution in [1.82, 2.24) is 25.2 Å². The minimum Gasteiger partial charge on any atom is -0.400 e. The van der Waals surface area contributed by atoms with Crippen LogP contribution in [0.5, 0.6) is 0 Å². The van der Waals surface area contributed by atoms with Crippen LogP contribution in [0.3, 0.4) is 0 Å². The van der Waals surface area contributed by atoms with Gasteiger partial charge in [-0.15, -0.1) is 0 Å². The number of nitrogens with one attached hydrogen (secondary N) is 2. The number of allylic oxidation sites excluding steroid dienone is 2. The maximum atomic E-state index is 14.4. The fourth-order valence-electron chi connectivity index (χ4n) is 4.10. The zero-order chi connectivity index (χ0) is 24.8. The van der Waals surface area contributed by atoms with Crippen LogP contribution in [-0.4, -0.2) is 44.2 Å². The smallest absolute Gasteiger partial charge is 0.254 e. The van der Waals surface area contributed by atoms with Crippen LogP contribution in [-0.2, 0) is 11.2 Å². The number of amides is 1. The zero-order valence-electron chi connectivity index (χ0n) is 20.2. The number of carbonyl (C=O) groups is 1. The second-order valence-corrected chi connectivity index (χ2v) is 8.70. The predicted molar refractivity (Wildman–Crippen MR) is 135 cm³/mol. The monoisotopic (exact) mass is 477 g/mol. The molecule has 3 heterocycles. The van der Waals surface area contributed by atoms with Gasteiger partial charge in [0.2, 0.25) is 0 Å². The van der Waals surface area contributed by atoms with Crippen molar-refractivity contribution >= 4 is 17.8 Å². The van der Waals surface area contributed by atoms with E-state index in [0.717, 1.165) is 37.1 Å². The molecule has 1 amide bonds. The van der Waals surface area contributed by atoms with E-state index < -0.39 is 11.9 Å². The van der Waals surface area contributed by atoms with E-state index in [0.29, 0.717) is 30.1 Å². The van der Waals surface area contributed by atoms with E-state index in [2.05, 4.69) is 27.2 Å². The number of hydrogen-bond donors (Lipinski definition) is 3. The van der Waals surface area contributed by atoms with Gasteiger partial charge in [0, 0.05) is 42.8 Å². The fraction of sp³-hybridized carbons (Fsp3) is 0.385. The molecule has 1 aliphatic heterocycles. The highest BCUT2D eigenvalue weighted by Gasteiger charge is 2.36. The number of halogens is 1. The number of carbonyl (C=O) groups excluding carboxylic acids is 1. The Balaban J connectivity index is 1.77. The van der Waals surface area contributed by atoms with Crippen molar-refractivity contribution in [3.05, 3.63) is 77.2 Å². The number of aromatic amines is 1. The standard InChI is InChI=1S/C26H32FN7O/c1-3-5-6-12-30-25(18(4-2)26(35)33-17-9-10-17)34-14-11-21-23(32-16-31-21)24(34)20(28)15-22-19(27)8-7-13-29-22/h4,6-8,12-13,15-17,24H,3,5,9-11,14,28H2,1-2H3,(H,31,32)(H,33,35)/b12-6-,18-4+,20-15-,30-25+. The van der Waals surface area contributed by atoms with Crippen LogP contribution in [0.1, 0.15) is 62.7 Å². The summed E-state index contributed by atoms with van der Waals surface area (Å²) in [6.45, 7) is 4.47. The number of hydrogen-bond acceptors (Lipinski definition) is 5. The van der Waals surface area contributed by atoms with E-state index in [1.807, 2.05) is 17.9 Å². The Morgan fingerprint density at radius 1 is 1.40 bits per heavy atom. The van der Waals surface area contributed by atoms with Gasteiger partial charge < -0.3 is 20.9 Å². The summed E-state index contributed by atoms with van der Waals surface area (Å²) >= 11 is 0. The maximum Gasteiger partial charge on any atom is 0.254 e. The van der Waals surface area contributed by atoms with Crippen molar-refractivity contribution < 1.29 is 9.18 Å². The second kappa shape index (κ2) is 11.1. The first-order chi connectivity index (χ1) is 17.0. The summed E-state index contributed by atoms with van der Waals surface area (Å²) in [5.41, 5.74) is 9.26. The molecule has 0 aromatic carbocycles. The molecular weight excluding hydrogens is 445 g/mol. The summed E-state index contributed by atoms with van der Waals surface area (Å²) in [6, 6.07) is 2.54. The molecule has 4 rings (SSSR count). The third kappa shape index (κ3) is 5.67. The third-order valence-electron chi connectivity index (χ3n) is 6.05. The quantitative estimate of drug-likeness (QED) is 0.304. The Bertz CT molecular complexity index is 1180. The molecule has 1 unspecified atom stereocenters. The van der Waals surface area contributed by atoms with E-state index >= 15 is 0 Å². The van der Waals surface area contributed by atoms with Crippen LogP contribution in [0, 0.1) is 5.82 Å². The number of nitrogens with two attached hydrogens (primary N) is 1. The van der Waals surface area contributed by atoms with Crippen molar-refractivity contribution in [3.63, 3.8) is 0 Å². The number of H-pyrrole nitrogens is 1. The lowest BCUT2D eigenvalue weighted by Crippen LogP contribution is -2.45. The highest BCUT2D eigenvalue weighted by Crippen LogP contribution is 2.34. The molecule has 1 atom stereocenters. The van der Waals surface area contributed by atoms with Gasteiger partial charge in [-0.25, -0.2) is 14.4 Å². The first-order valence-corrected chi connectivity index (χ1v) is 12.1. The highest BCUT2D eigenvalue weighted by atomic mass is 19.1. The number of aromatic nitrogens is 3. The number of aliphatic imine (C=N–C) groups is 1. The van der Waals surface area contributed by atoms with Crippen molar-refractivity contribution in [1.29, 1.82) is 0 Å². The summed E-state index contributed by atoms with van der Waals surface area (Å²) < 4.78 is 14.4. The molecule has 4 N–H and O–H groups in total. The summed E-state index contributed by atoms with van der Waals surface area (Å²) in [4.78, 5) is 31.7. The van der Waals surface area contributed by atoms with Gasteiger partial charge in [-0.05, 0) is 44.4 Å². The van der Waals surface area contributed by atoms with Gasteiger partial charge in [-0.1, -0.05) is 25.5 Å². The minimum absolute atomic E-state index is 0.145. The molecule has 1 fully saturated rings. The van der Waals surface area contributed by atoms with Gasteiger partial charge in [0.1, 0.15) is 23.4 Å². The molecule has 184 valence electrons. The zero-order valence-corrected chi connectivity index (χ0v) is 20.2. The Morgan fingerprint density at radius 3 is 2.94 bits per heavy atom. The molecule has 0 spiro atoms. The summed E-state index contributed by atoms with van der Waals surface area (Å²) in [7, 11) is 0. The lowest BCUT2D eigenvalue weighted by molar-refractivity contribution is -0.117. The summed E-state index contributed by atoms with van der Waals surface area (Å²) in [5.74, 6) is -0.119. The molecule has 1 saturated carbocycles. The van der Waals surface area contributed by atoms with E-state index in [4.69, 9.17) is 10.7 Å². The number of rotatable bonds is 8. The number of fused-ring (bicyclic) bond motifs is 1. The topological polar surface area (TPSA) is 112 Å². The second-order valence-electron chi connectivity index (χ2n) is 8.70. The lowest BCUT2D eigenvalue weighted by Gasteiger charge is -2.38. The minimum atomic E-state index is -0.548. The summed E-state index contributed by atoms with van der Waals surface area (Å²) in [6.07, 6.45) is 14.7. The van der Waals surface area contributed by atoms with Crippen LogP contribution < -0.4 is 11.1 Å². The van der Waals surface area contributed by atoms with E-state index in [-0.39, 0.29) is 17.6 Å². The number of pyridine rings is 1. The van der Waals surface area contributed by atoms with Crippen LogP contribution in [0.25, 0.3) is 6.08 Å². The van der Waals surface area contributed by atoms with E-state index in [1.165, 1.54) is 24.4 Å². The first-order valence-electron chi connectivity index (χ1n) is 12.1. The van der Waals surface area contributed by atoms with Crippen molar-refractivity contribution in [2.45, 2.75) is 58.0 Å². The Kier molecular flexibility index (Phi) is 7.74. The van der Waals surface area contributed by atoms with Gasteiger partial charge in [0.15, 0.2) is 0 Å². The molecule has 2 aromatic rings. The number of nitrogens with zero attached hydrogens (tertiary/aromatic N) is 4. The number of unbranched alkanes of at least 4 members (excludes halogenated alkanes) is 1. The SMILES string of the molecule is C\C=C(C(=O)NC1CC1)/C(=N\C=C/CCC)N1CCc2[nH]cnc2C1/C(N)=C/c1ncccc1F. The van der Waals surface area contributed by atoms with Gasteiger partial charge >= 0.3 is 0 Å². The molecule has 8 nitrogen and oxygen atoms in total. The molecule has 0 saturated heterocycles. The molecule has 35 heavy (non-hydrogen) atoms. The van der Waals surface area contributed by atoms with Crippen molar-refractivity contribution in [2.24, 2.45) is 10.7 Å². The van der Waals surface area contributed by atoms with E-state index in [9.17, 15) is 9.18 Å². The predicted octanol–water partition coefficient (Wildman–Crippen LogP) is 3.78. The largest absolute Gasteiger partial charge is 0.400 e.